The molecule has 1 atom stereocenters. The monoisotopic (exact) mass is 342 g/mol. The van der Waals surface area contributed by atoms with E-state index in [2.05, 4.69) is 0 Å². The van der Waals surface area contributed by atoms with Gasteiger partial charge in [0.05, 0.1) is 17.2 Å². The lowest BCUT2D eigenvalue weighted by Crippen LogP contribution is -2.36. The van der Waals surface area contributed by atoms with Gasteiger partial charge in [-0.25, -0.2) is 0 Å². The van der Waals surface area contributed by atoms with Crippen molar-refractivity contribution in [3.8, 4) is 0 Å². The Balaban J connectivity index is 1.63. The minimum atomic E-state index is -0.322. The lowest BCUT2D eigenvalue weighted by Gasteiger charge is -2.25. The van der Waals surface area contributed by atoms with Crippen molar-refractivity contribution in [2.24, 2.45) is 0 Å². The van der Waals surface area contributed by atoms with E-state index >= 15 is 0 Å². The van der Waals surface area contributed by atoms with Crippen molar-refractivity contribution in [2.45, 2.75) is 19.4 Å². The zero-order chi connectivity index (χ0) is 17.3. The number of hydrogen-bond acceptors (Lipinski definition) is 4. The smallest absolute Gasteiger partial charge is 0.261 e. The van der Waals surface area contributed by atoms with Crippen molar-refractivity contribution in [3.05, 3.63) is 57.8 Å². The predicted octanol–water partition coefficient (Wildman–Crippen LogP) is 2.95. The van der Waals surface area contributed by atoms with Crippen LogP contribution in [0.25, 0.3) is 0 Å². The molecule has 1 aliphatic heterocycles. The van der Waals surface area contributed by atoms with Gasteiger partial charge in [0, 0.05) is 24.9 Å². The topological polar surface area (TPSA) is 57.7 Å². The molecule has 124 valence electrons. The van der Waals surface area contributed by atoms with Gasteiger partial charge in [-0.2, -0.15) is 0 Å². The highest BCUT2D eigenvalue weighted by molar-refractivity contribution is 7.10. The number of carbonyl (C=O) groups is 3. The summed E-state index contributed by atoms with van der Waals surface area (Å²) in [5.41, 5.74) is 0.825. The first-order valence-corrected chi connectivity index (χ1v) is 8.63. The molecule has 1 aromatic heterocycles. The molecule has 0 saturated heterocycles. The van der Waals surface area contributed by atoms with Gasteiger partial charge >= 0.3 is 0 Å². The fourth-order valence-electron chi connectivity index (χ4n) is 2.76. The highest BCUT2D eigenvalue weighted by Gasteiger charge is 2.35. The lowest BCUT2D eigenvalue weighted by atomic mass is 10.1. The van der Waals surface area contributed by atoms with Gasteiger partial charge in [0.15, 0.2) is 0 Å². The minimum Gasteiger partial charge on any atom is -0.338 e. The van der Waals surface area contributed by atoms with Crippen LogP contribution in [0.1, 0.15) is 45.0 Å². The largest absolute Gasteiger partial charge is 0.338 e. The van der Waals surface area contributed by atoms with E-state index in [1.165, 1.54) is 0 Å². The molecule has 0 spiro atoms. The first-order valence-electron chi connectivity index (χ1n) is 7.75. The first-order chi connectivity index (χ1) is 11.5. The standard InChI is InChI=1S/C18H18N2O3S/c1-12(15-8-5-11-24-15)19(2)16(21)9-10-20-17(22)13-6-3-4-7-14(13)18(20)23/h3-8,11-12H,9-10H2,1-2H3/t12-/m0/s1. The van der Waals surface area contributed by atoms with Gasteiger partial charge in [0.2, 0.25) is 5.91 Å². The Kier molecular flexibility index (Phi) is 4.49. The summed E-state index contributed by atoms with van der Waals surface area (Å²) in [6, 6.07) is 10.7. The van der Waals surface area contributed by atoms with Crippen LogP contribution in [0.4, 0.5) is 0 Å². The summed E-state index contributed by atoms with van der Waals surface area (Å²) in [5.74, 6) is -0.734. The number of hydrogen-bond donors (Lipinski definition) is 0. The second-order valence-corrected chi connectivity index (χ2v) is 6.73. The summed E-state index contributed by atoms with van der Waals surface area (Å²) < 4.78 is 0. The van der Waals surface area contributed by atoms with E-state index in [1.54, 1.807) is 47.5 Å². The highest BCUT2D eigenvalue weighted by Crippen LogP contribution is 2.25. The minimum absolute atomic E-state index is 0.0281. The van der Waals surface area contributed by atoms with Crippen LogP contribution in [0.3, 0.4) is 0 Å². The third-order valence-corrected chi connectivity index (χ3v) is 5.40. The normalized spacial score (nSPS) is 14.7. The van der Waals surface area contributed by atoms with Crippen molar-refractivity contribution < 1.29 is 14.4 Å². The summed E-state index contributed by atoms with van der Waals surface area (Å²) in [4.78, 5) is 40.9. The van der Waals surface area contributed by atoms with Crippen LogP contribution in [-0.2, 0) is 4.79 Å². The number of benzene rings is 1. The Labute approximate surface area is 144 Å². The molecule has 0 fully saturated rings. The summed E-state index contributed by atoms with van der Waals surface area (Å²) in [6.07, 6.45) is 0.123. The molecule has 5 nitrogen and oxygen atoms in total. The molecule has 6 heteroatoms. The quantitative estimate of drug-likeness (QED) is 0.785. The number of amides is 3. The second-order valence-electron chi connectivity index (χ2n) is 5.75. The van der Waals surface area contributed by atoms with Crippen LogP contribution < -0.4 is 0 Å². The molecule has 0 saturated carbocycles. The molecule has 0 N–H and O–H groups in total. The van der Waals surface area contributed by atoms with Gasteiger partial charge in [-0.1, -0.05) is 18.2 Å². The Hall–Kier alpha value is -2.47. The Morgan fingerprint density at radius 2 is 1.75 bits per heavy atom. The third kappa shape index (κ3) is 2.85. The maximum Gasteiger partial charge on any atom is 0.261 e. The van der Waals surface area contributed by atoms with E-state index in [-0.39, 0.29) is 36.7 Å². The number of carbonyl (C=O) groups excluding carboxylic acids is 3. The van der Waals surface area contributed by atoms with Crippen LogP contribution in [0.2, 0.25) is 0 Å². The van der Waals surface area contributed by atoms with Gasteiger partial charge in [0.1, 0.15) is 0 Å². The molecule has 1 aromatic carbocycles. The van der Waals surface area contributed by atoms with Crippen LogP contribution >= 0.6 is 11.3 Å². The van der Waals surface area contributed by atoms with Gasteiger partial charge < -0.3 is 4.90 Å². The average molecular weight is 342 g/mol. The van der Waals surface area contributed by atoms with E-state index in [0.29, 0.717) is 11.1 Å². The maximum atomic E-state index is 12.4. The Morgan fingerprint density at radius 1 is 1.12 bits per heavy atom. The molecule has 2 aromatic rings. The van der Waals surface area contributed by atoms with E-state index in [4.69, 9.17) is 0 Å². The third-order valence-electron chi connectivity index (χ3n) is 4.36. The molecule has 1 aliphatic rings. The lowest BCUT2D eigenvalue weighted by molar-refractivity contribution is -0.131. The van der Waals surface area contributed by atoms with Crippen molar-refractivity contribution in [2.75, 3.05) is 13.6 Å². The van der Waals surface area contributed by atoms with Crippen LogP contribution in [0.15, 0.2) is 41.8 Å². The van der Waals surface area contributed by atoms with Crippen molar-refractivity contribution in [1.82, 2.24) is 9.80 Å². The SMILES string of the molecule is C[C@@H](c1cccs1)N(C)C(=O)CCN1C(=O)c2ccccc2C1=O. The Morgan fingerprint density at radius 3 is 2.29 bits per heavy atom. The molecule has 0 radical (unpaired) electrons. The number of fused-ring (bicyclic) bond motifs is 1. The zero-order valence-electron chi connectivity index (χ0n) is 13.6. The van der Waals surface area contributed by atoms with Gasteiger partial charge in [-0.15, -0.1) is 11.3 Å². The van der Waals surface area contributed by atoms with Gasteiger partial charge in [0.25, 0.3) is 11.8 Å². The highest BCUT2D eigenvalue weighted by atomic mass is 32.1. The Bertz CT molecular complexity index is 750. The molecule has 3 amide bonds. The molecular weight excluding hydrogens is 324 g/mol. The summed E-state index contributed by atoms with van der Waals surface area (Å²) in [7, 11) is 1.75. The maximum absolute atomic E-state index is 12.4. The van der Waals surface area contributed by atoms with Crippen molar-refractivity contribution in [3.63, 3.8) is 0 Å². The number of imide groups is 1. The van der Waals surface area contributed by atoms with Crippen molar-refractivity contribution in [1.29, 1.82) is 0 Å². The number of nitrogens with zero attached hydrogens (tertiary/aromatic N) is 2. The van der Waals surface area contributed by atoms with Crippen LogP contribution in [0, 0.1) is 0 Å². The summed E-state index contributed by atoms with van der Waals surface area (Å²) in [5, 5.41) is 1.98. The molecule has 2 heterocycles. The molecule has 24 heavy (non-hydrogen) atoms. The predicted molar refractivity (Wildman–Crippen MR) is 91.9 cm³/mol. The zero-order valence-corrected chi connectivity index (χ0v) is 14.4. The molecule has 0 aliphatic carbocycles. The number of thiophene rings is 1. The molecule has 0 unspecified atom stereocenters. The van der Waals surface area contributed by atoms with Crippen LogP contribution in [-0.4, -0.2) is 41.1 Å². The van der Waals surface area contributed by atoms with E-state index in [0.717, 1.165) is 9.78 Å². The van der Waals surface area contributed by atoms with Crippen molar-refractivity contribution >= 4 is 29.1 Å². The number of rotatable bonds is 5. The molecular formula is C18H18N2O3S. The van der Waals surface area contributed by atoms with Gasteiger partial charge in [-0.3, -0.25) is 19.3 Å². The van der Waals surface area contributed by atoms with E-state index in [9.17, 15) is 14.4 Å². The molecule has 0 bridgehead atoms. The summed E-state index contributed by atoms with van der Waals surface area (Å²) in [6.45, 7) is 2.07. The molecule has 3 rings (SSSR count). The fraction of sp³-hybridized carbons (Fsp3) is 0.278. The van der Waals surface area contributed by atoms with E-state index in [1.807, 2.05) is 24.4 Å². The first kappa shape index (κ1) is 16.4. The van der Waals surface area contributed by atoms with E-state index < -0.39 is 0 Å². The fourth-order valence-corrected chi connectivity index (χ4v) is 3.59. The van der Waals surface area contributed by atoms with Gasteiger partial charge in [-0.05, 0) is 30.5 Å². The summed E-state index contributed by atoms with van der Waals surface area (Å²) >= 11 is 1.60. The van der Waals surface area contributed by atoms with Crippen LogP contribution in [0.5, 0.6) is 0 Å². The second kappa shape index (κ2) is 6.57. The average Bonchev–Trinajstić information content (AvgIpc) is 3.21.